The number of hydrogen-bond donors (Lipinski definition) is 0. The van der Waals surface area contributed by atoms with Crippen LogP contribution in [0.15, 0.2) is 146 Å². The summed E-state index contributed by atoms with van der Waals surface area (Å²) >= 11 is 0. The van der Waals surface area contributed by atoms with E-state index < -0.39 is 0 Å². The molecule has 54 heavy (non-hydrogen) atoms. The third-order valence-electron chi connectivity index (χ3n) is 11.5. The van der Waals surface area contributed by atoms with Gasteiger partial charge in [0.1, 0.15) is 23.0 Å². The van der Waals surface area contributed by atoms with Crippen LogP contribution in [0.3, 0.4) is 0 Å². The maximum Gasteiger partial charge on any atom is 0.195 e. The first kappa shape index (κ1) is 29.0. The highest BCUT2D eigenvalue weighted by Gasteiger charge is 2.26. The SMILES string of the molecule is [C-]#[N+]c1cc(-c2ccc3c4c(cccc24)-c2ccccc2O3)c2ccc3c(C#N)cc(-c4ccc5c6c(cccc46)-c4ccccc4O5)c4ccc1c2c34. The Hall–Kier alpha value is -7.66. The Morgan fingerprint density at radius 2 is 0.870 bits per heavy atom. The van der Waals surface area contributed by atoms with Crippen LogP contribution in [0.1, 0.15) is 5.56 Å². The molecule has 0 aliphatic carbocycles. The van der Waals surface area contributed by atoms with Crippen molar-refractivity contribution >= 4 is 59.5 Å². The molecule has 246 valence electrons. The molecule has 2 heterocycles. The summed E-state index contributed by atoms with van der Waals surface area (Å²) in [5.74, 6) is 3.34. The molecule has 2 aliphatic rings. The second kappa shape index (κ2) is 10.5. The van der Waals surface area contributed by atoms with Crippen LogP contribution in [0, 0.1) is 17.9 Å². The molecular weight excluding hydrogens is 661 g/mol. The van der Waals surface area contributed by atoms with Crippen LogP contribution in [0.4, 0.5) is 5.69 Å². The van der Waals surface area contributed by atoms with Gasteiger partial charge in [-0.15, -0.1) is 0 Å². The van der Waals surface area contributed by atoms with Gasteiger partial charge in [0.05, 0.1) is 18.2 Å². The molecule has 10 aromatic carbocycles. The number of ether oxygens (including phenoxy) is 2. The van der Waals surface area contributed by atoms with E-state index in [4.69, 9.17) is 16.0 Å². The Kier molecular flexibility index (Phi) is 5.61. The van der Waals surface area contributed by atoms with Crippen molar-refractivity contribution in [1.29, 1.82) is 5.26 Å². The predicted octanol–water partition coefficient (Wildman–Crippen LogP) is 14.2. The van der Waals surface area contributed by atoms with Gasteiger partial charge in [0.15, 0.2) is 5.69 Å². The lowest BCUT2D eigenvalue weighted by molar-refractivity contribution is 0.487. The van der Waals surface area contributed by atoms with Crippen LogP contribution in [0.2, 0.25) is 0 Å². The summed E-state index contributed by atoms with van der Waals surface area (Å²) in [5.41, 5.74) is 9.59. The number of para-hydroxylation sites is 2. The third kappa shape index (κ3) is 3.68. The van der Waals surface area contributed by atoms with Crippen molar-refractivity contribution in [2.75, 3.05) is 0 Å². The average Bonchev–Trinajstić information content (AvgIpc) is 3.23. The largest absolute Gasteiger partial charge is 0.456 e. The zero-order valence-electron chi connectivity index (χ0n) is 28.6. The molecule has 0 saturated carbocycles. The maximum absolute atomic E-state index is 10.7. The number of benzene rings is 10. The van der Waals surface area contributed by atoms with Gasteiger partial charge in [-0.25, -0.2) is 4.85 Å². The van der Waals surface area contributed by atoms with Gasteiger partial charge in [0.25, 0.3) is 0 Å². The first-order valence-electron chi connectivity index (χ1n) is 17.9. The minimum atomic E-state index is 0.579. The zero-order valence-corrected chi connectivity index (χ0v) is 28.6. The molecule has 4 heteroatoms. The molecule has 12 rings (SSSR count). The normalized spacial score (nSPS) is 12.3. The Balaban J connectivity index is 1.17. The number of hydrogen-bond acceptors (Lipinski definition) is 3. The standard InChI is InChI=1S/C50H24N2O2/c1-52-42-25-41(30-21-23-46-48-34(30)11-7-13-36(48)32-9-3-5-15-44(32)54-46)38-17-16-28-27(26-51)24-40(37-18-19-39(42)50(38)49(28)37)29-20-22-45-47-33(29)10-6-12-35(47)31-8-2-4-14-43(31)53-45/h2-25H. The second-order valence-corrected chi connectivity index (χ2v) is 14.1. The van der Waals surface area contributed by atoms with Crippen molar-refractivity contribution < 1.29 is 9.47 Å². The second-order valence-electron chi connectivity index (χ2n) is 14.1. The lowest BCUT2D eigenvalue weighted by Gasteiger charge is -2.24. The van der Waals surface area contributed by atoms with Gasteiger partial charge >= 0.3 is 0 Å². The Morgan fingerprint density at radius 3 is 1.44 bits per heavy atom. The smallest absolute Gasteiger partial charge is 0.195 e. The highest BCUT2D eigenvalue weighted by molar-refractivity contribution is 6.32. The highest BCUT2D eigenvalue weighted by Crippen LogP contribution is 2.53. The van der Waals surface area contributed by atoms with Crippen LogP contribution in [0.5, 0.6) is 23.0 Å². The van der Waals surface area contributed by atoms with Gasteiger partial charge in [0.2, 0.25) is 0 Å². The Bertz CT molecular complexity index is 3190. The molecule has 0 spiro atoms. The molecule has 0 aromatic heterocycles. The molecule has 0 bridgehead atoms. The molecule has 0 amide bonds. The maximum atomic E-state index is 10.7. The summed E-state index contributed by atoms with van der Waals surface area (Å²) in [5, 5.41) is 20.7. The van der Waals surface area contributed by atoms with Crippen LogP contribution in [-0.2, 0) is 0 Å². The highest BCUT2D eigenvalue weighted by atomic mass is 16.5. The van der Waals surface area contributed by atoms with E-state index in [2.05, 4.69) is 108 Å². The summed E-state index contributed by atoms with van der Waals surface area (Å²) in [7, 11) is 0. The summed E-state index contributed by atoms with van der Waals surface area (Å²) in [6.45, 7) is 8.37. The van der Waals surface area contributed by atoms with Gasteiger partial charge in [-0.1, -0.05) is 109 Å². The van der Waals surface area contributed by atoms with E-state index in [9.17, 15) is 5.26 Å². The van der Waals surface area contributed by atoms with Crippen LogP contribution in [-0.4, -0.2) is 0 Å². The molecule has 0 saturated heterocycles. The van der Waals surface area contributed by atoms with E-state index in [1.807, 2.05) is 48.5 Å². The van der Waals surface area contributed by atoms with E-state index in [1.54, 1.807) is 0 Å². The van der Waals surface area contributed by atoms with Crippen molar-refractivity contribution in [2.45, 2.75) is 0 Å². The van der Waals surface area contributed by atoms with Crippen LogP contribution < -0.4 is 9.47 Å². The summed E-state index contributed by atoms with van der Waals surface area (Å²) in [6, 6.07) is 52.5. The molecule has 2 aliphatic heterocycles. The minimum Gasteiger partial charge on any atom is -0.456 e. The number of fused-ring (bicyclic) bond motifs is 4. The Labute approximate surface area is 309 Å². The lowest BCUT2D eigenvalue weighted by Crippen LogP contribution is -1.98. The Morgan fingerprint density at radius 1 is 0.389 bits per heavy atom. The van der Waals surface area contributed by atoms with Crippen molar-refractivity contribution in [2.24, 2.45) is 0 Å². The van der Waals surface area contributed by atoms with Crippen molar-refractivity contribution in [3.8, 4) is 73.6 Å². The molecule has 0 atom stereocenters. The average molecular weight is 685 g/mol. The molecule has 10 aromatic rings. The summed E-state index contributed by atoms with van der Waals surface area (Å²) in [4.78, 5) is 4.10. The van der Waals surface area contributed by atoms with Gasteiger partial charge in [-0.3, -0.25) is 0 Å². The molecule has 0 N–H and O–H groups in total. The van der Waals surface area contributed by atoms with Gasteiger partial charge < -0.3 is 9.47 Å². The van der Waals surface area contributed by atoms with Crippen LogP contribution >= 0.6 is 0 Å². The summed E-state index contributed by atoms with van der Waals surface area (Å²) in [6.07, 6.45) is 0. The molecular formula is C50H24N2O2. The van der Waals surface area contributed by atoms with E-state index in [1.165, 1.54) is 0 Å². The lowest BCUT2D eigenvalue weighted by atomic mass is 9.83. The van der Waals surface area contributed by atoms with Crippen molar-refractivity contribution in [3.05, 3.63) is 163 Å². The molecule has 0 unspecified atom stereocenters. The van der Waals surface area contributed by atoms with Gasteiger partial charge in [-0.05, 0) is 107 Å². The van der Waals surface area contributed by atoms with Gasteiger partial charge in [-0.2, -0.15) is 5.26 Å². The fraction of sp³-hybridized carbons (Fsp3) is 0. The van der Waals surface area contributed by atoms with Crippen molar-refractivity contribution in [3.63, 3.8) is 0 Å². The quantitative estimate of drug-likeness (QED) is 0.134. The molecule has 4 nitrogen and oxygen atoms in total. The number of nitriles is 1. The van der Waals surface area contributed by atoms with E-state index in [0.29, 0.717) is 11.3 Å². The minimum absolute atomic E-state index is 0.579. The fourth-order valence-electron chi connectivity index (χ4n) is 9.24. The zero-order chi connectivity index (χ0) is 35.7. The van der Waals surface area contributed by atoms with Gasteiger partial charge in [0, 0.05) is 27.3 Å². The van der Waals surface area contributed by atoms with E-state index >= 15 is 0 Å². The topological polar surface area (TPSA) is 46.6 Å². The van der Waals surface area contributed by atoms with Crippen molar-refractivity contribution in [1.82, 2.24) is 0 Å². The first-order chi connectivity index (χ1) is 26.7. The predicted molar refractivity (Wildman–Crippen MR) is 218 cm³/mol. The van der Waals surface area contributed by atoms with Crippen LogP contribution in [0.25, 0.3) is 103 Å². The molecule has 0 fully saturated rings. The van der Waals surface area contributed by atoms with E-state index in [-0.39, 0.29) is 0 Å². The molecule has 0 radical (unpaired) electrons. The van der Waals surface area contributed by atoms with E-state index in [0.717, 1.165) is 121 Å². The fourth-order valence-corrected chi connectivity index (χ4v) is 9.24. The summed E-state index contributed by atoms with van der Waals surface area (Å²) < 4.78 is 12.9. The number of rotatable bonds is 2. The first-order valence-corrected chi connectivity index (χ1v) is 17.9. The third-order valence-corrected chi connectivity index (χ3v) is 11.5. The monoisotopic (exact) mass is 684 g/mol. The number of nitrogens with zero attached hydrogens (tertiary/aromatic N) is 2.